The first-order chi connectivity index (χ1) is 8.99. The highest BCUT2D eigenvalue weighted by Crippen LogP contribution is 2.15. The molecule has 0 spiro atoms. The van der Waals surface area contributed by atoms with Crippen LogP contribution < -0.4 is 11.1 Å². The van der Waals surface area contributed by atoms with E-state index in [1.165, 1.54) is 5.56 Å². The number of carbonyl (C=O) groups is 2. The van der Waals surface area contributed by atoms with E-state index < -0.39 is 5.91 Å². The van der Waals surface area contributed by atoms with Crippen LogP contribution >= 0.6 is 0 Å². The van der Waals surface area contributed by atoms with Gasteiger partial charge in [0.1, 0.15) is 0 Å². The van der Waals surface area contributed by atoms with E-state index in [-0.39, 0.29) is 18.9 Å². The molecule has 0 aliphatic rings. The number of nitrogens with one attached hydrogen (secondary N) is 1. The second kappa shape index (κ2) is 9.14. The van der Waals surface area contributed by atoms with Gasteiger partial charge >= 0.3 is 0 Å². The van der Waals surface area contributed by atoms with E-state index >= 15 is 0 Å². The summed E-state index contributed by atoms with van der Waals surface area (Å²) in [6.07, 6.45) is 0.272. The predicted molar refractivity (Wildman–Crippen MR) is 77.8 cm³/mol. The molecule has 0 heterocycles. The summed E-state index contributed by atoms with van der Waals surface area (Å²) >= 11 is 0. The summed E-state index contributed by atoms with van der Waals surface area (Å²) in [6.45, 7) is 8.10. The molecule has 0 atom stereocenters. The van der Waals surface area contributed by atoms with Crippen molar-refractivity contribution in [1.82, 2.24) is 5.32 Å². The maximum absolute atomic E-state index is 11.5. The number of hydrogen-bond donors (Lipinski definition) is 2. The first-order valence-electron chi connectivity index (χ1n) is 6.63. The Labute approximate surface area is 115 Å². The van der Waals surface area contributed by atoms with Gasteiger partial charge in [0.25, 0.3) is 0 Å². The Morgan fingerprint density at radius 3 is 2.42 bits per heavy atom. The van der Waals surface area contributed by atoms with Crippen molar-refractivity contribution in [2.24, 2.45) is 5.73 Å². The second-order valence-corrected chi connectivity index (χ2v) is 4.32. The topological polar surface area (TPSA) is 72.2 Å². The minimum atomic E-state index is -0.533. The Hall–Kier alpha value is -1.84. The van der Waals surface area contributed by atoms with Crippen LogP contribution in [0.15, 0.2) is 24.3 Å². The zero-order chi connectivity index (χ0) is 14.8. The van der Waals surface area contributed by atoms with Crippen LogP contribution in [0.1, 0.15) is 44.7 Å². The Morgan fingerprint density at radius 2 is 1.89 bits per heavy atom. The molecule has 106 valence electrons. The summed E-state index contributed by atoms with van der Waals surface area (Å²) in [5, 5.41) is 2.47. The summed E-state index contributed by atoms with van der Waals surface area (Å²) < 4.78 is 0. The third-order valence-electron chi connectivity index (χ3n) is 2.44. The average molecular weight is 264 g/mol. The maximum atomic E-state index is 11.5. The smallest absolute Gasteiger partial charge is 0.236 e. The fraction of sp³-hybridized carbons (Fsp3) is 0.467. The second-order valence-electron chi connectivity index (χ2n) is 4.32. The predicted octanol–water partition coefficient (Wildman–Crippen LogP) is 1.98. The monoisotopic (exact) mass is 264 g/mol. The molecule has 0 aliphatic heterocycles. The lowest BCUT2D eigenvalue weighted by Crippen LogP contribution is -2.34. The Kier molecular flexibility index (Phi) is 8.25. The lowest BCUT2D eigenvalue weighted by molar-refractivity contribution is -0.124. The summed E-state index contributed by atoms with van der Waals surface area (Å²) in [7, 11) is 0. The Bertz CT molecular complexity index is 414. The molecule has 19 heavy (non-hydrogen) atoms. The van der Waals surface area contributed by atoms with Crippen LogP contribution in [-0.2, 0) is 16.0 Å². The van der Waals surface area contributed by atoms with Gasteiger partial charge in [-0.3, -0.25) is 9.59 Å². The molecule has 2 amide bonds. The summed E-state index contributed by atoms with van der Waals surface area (Å²) in [5.74, 6) is -0.289. The average Bonchev–Trinajstić information content (AvgIpc) is 2.39. The molecule has 1 rings (SSSR count). The van der Waals surface area contributed by atoms with Gasteiger partial charge in [0.15, 0.2) is 0 Å². The lowest BCUT2D eigenvalue weighted by Gasteiger charge is -2.08. The van der Waals surface area contributed by atoms with Gasteiger partial charge in [-0.1, -0.05) is 52.0 Å². The molecule has 1 aromatic carbocycles. The van der Waals surface area contributed by atoms with Gasteiger partial charge in [-0.25, -0.2) is 0 Å². The van der Waals surface area contributed by atoms with Crippen molar-refractivity contribution in [3.05, 3.63) is 35.4 Å². The summed E-state index contributed by atoms with van der Waals surface area (Å²) in [5.41, 5.74) is 7.09. The summed E-state index contributed by atoms with van der Waals surface area (Å²) in [6, 6.07) is 7.88. The van der Waals surface area contributed by atoms with Crippen molar-refractivity contribution in [1.29, 1.82) is 0 Å². The molecule has 0 fully saturated rings. The van der Waals surface area contributed by atoms with Gasteiger partial charge in [0, 0.05) is 0 Å². The molecule has 0 saturated heterocycles. The molecule has 1 aromatic rings. The largest absolute Gasteiger partial charge is 0.368 e. The van der Waals surface area contributed by atoms with Gasteiger partial charge in [-0.05, 0) is 17.0 Å². The first-order valence-corrected chi connectivity index (χ1v) is 6.63. The van der Waals surface area contributed by atoms with E-state index in [0.717, 1.165) is 5.56 Å². The highest BCUT2D eigenvalue weighted by Gasteiger charge is 2.06. The van der Waals surface area contributed by atoms with Gasteiger partial charge in [0.2, 0.25) is 11.8 Å². The molecular weight excluding hydrogens is 240 g/mol. The molecule has 0 unspecified atom stereocenters. The first kappa shape index (κ1) is 17.2. The fourth-order valence-corrected chi connectivity index (χ4v) is 1.50. The molecule has 0 aromatic heterocycles. The third kappa shape index (κ3) is 7.24. The molecule has 0 saturated carbocycles. The number of amides is 2. The van der Waals surface area contributed by atoms with E-state index in [1.54, 1.807) is 0 Å². The SMILES string of the molecule is CC.CC(C)c1cccc(CC(=O)NCC(N)=O)c1. The number of carbonyl (C=O) groups excluding carboxylic acids is 2. The van der Waals surface area contributed by atoms with Crippen LogP contribution in [-0.4, -0.2) is 18.4 Å². The maximum Gasteiger partial charge on any atom is 0.236 e. The van der Waals surface area contributed by atoms with Crippen LogP contribution in [0.25, 0.3) is 0 Å². The van der Waals surface area contributed by atoms with Crippen LogP contribution in [0, 0.1) is 0 Å². The van der Waals surface area contributed by atoms with Crippen molar-refractivity contribution in [2.45, 2.75) is 40.0 Å². The van der Waals surface area contributed by atoms with Gasteiger partial charge in [-0.2, -0.15) is 0 Å². The Balaban J connectivity index is 0.00000154. The van der Waals surface area contributed by atoms with Crippen molar-refractivity contribution in [3.63, 3.8) is 0 Å². The van der Waals surface area contributed by atoms with Crippen molar-refractivity contribution >= 4 is 11.8 Å². The van der Waals surface area contributed by atoms with Crippen LogP contribution in [0.5, 0.6) is 0 Å². The molecule has 0 bridgehead atoms. The van der Waals surface area contributed by atoms with Gasteiger partial charge in [-0.15, -0.1) is 0 Å². The zero-order valence-electron chi connectivity index (χ0n) is 12.2. The van der Waals surface area contributed by atoms with Gasteiger partial charge < -0.3 is 11.1 Å². The number of rotatable bonds is 5. The molecule has 0 aliphatic carbocycles. The number of benzene rings is 1. The number of primary amides is 1. The molecule has 4 heteroatoms. The minimum Gasteiger partial charge on any atom is -0.368 e. The number of hydrogen-bond acceptors (Lipinski definition) is 2. The molecule has 3 N–H and O–H groups in total. The highest BCUT2D eigenvalue weighted by atomic mass is 16.2. The Morgan fingerprint density at radius 1 is 1.26 bits per heavy atom. The van der Waals surface area contributed by atoms with Crippen LogP contribution in [0.2, 0.25) is 0 Å². The van der Waals surface area contributed by atoms with Crippen molar-refractivity contribution < 1.29 is 9.59 Å². The van der Waals surface area contributed by atoms with Gasteiger partial charge in [0.05, 0.1) is 13.0 Å². The summed E-state index contributed by atoms with van der Waals surface area (Å²) in [4.78, 5) is 22.0. The van der Waals surface area contributed by atoms with E-state index in [9.17, 15) is 9.59 Å². The quantitative estimate of drug-likeness (QED) is 0.853. The van der Waals surface area contributed by atoms with E-state index in [4.69, 9.17) is 5.73 Å². The molecule has 4 nitrogen and oxygen atoms in total. The highest BCUT2D eigenvalue weighted by molar-refractivity contribution is 5.84. The third-order valence-corrected chi connectivity index (χ3v) is 2.44. The zero-order valence-corrected chi connectivity index (χ0v) is 12.2. The van der Waals surface area contributed by atoms with Crippen molar-refractivity contribution in [3.8, 4) is 0 Å². The van der Waals surface area contributed by atoms with Crippen molar-refractivity contribution in [2.75, 3.05) is 6.54 Å². The standard InChI is InChI=1S/C13H18N2O2.C2H6/c1-9(2)11-5-3-4-10(6-11)7-13(17)15-8-12(14)16;1-2/h3-6,9H,7-8H2,1-2H3,(H2,14,16)(H,15,17);1-2H3. The van der Waals surface area contributed by atoms with Crippen LogP contribution in [0.4, 0.5) is 0 Å². The minimum absolute atomic E-state index is 0.108. The fourth-order valence-electron chi connectivity index (χ4n) is 1.50. The van der Waals surface area contributed by atoms with E-state index in [2.05, 4.69) is 19.2 Å². The van der Waals surface area contributed by atoms with E-state index in [0.29, 0.717) is 5.92 Å². The van der Waals surface area contributed by atoms with E-state index in [1.807, 2.05) is 38.1 Å². The van der Waals surface area contributed by atoms with Crippen LogP contribution in [0.3, 0.4) is 0 Å². The number of nitrogens with two attached hydrogens (primary N) is 1. The molecular formula is C15H24N2O2. The molecule has 0 radical (unpaired) electrons. The lowest BCUT2D eigenvalue weighted by atomic mass is 10.00. The normalized spacial score (nSPS) is 9.53.